The summed E-state index contributed by atoms with van der Waals surface area (Å²) in [6.45, 7) is 4.87. The smallest absolute Gasteiger partial charge is 0.341 e. The number of anilines is 1. The number of esters is 1. The van der Waals surface area contributed by atoms with E-state index in [0.717, 1.165) is 23.4 Å². The molecule has 1 amide bonds. The second-order valence-corrected chi connectivity index (χ2v) is 8.80. The number of ketones is 1. The van der Waals surface area contributed by atoms with E-state index < -0.39 is 24.3 Å². The normalized spacial score (nSPS) is 14.2. The maximum absolute atomic E-state index is 12.6. The molecular formula is C19H19N3O4S2. The molecule has 3 rings (SSSR count). The zero-order valence-electron chi connectivity index (χ0n) is 15.7. The van der Waals surface area contributed by atoms with Crippen molar-refractivity contribution in [2.75, 3.05) is 11.9 Å². The maximum atomic E-state index is 12.6. The Morgan fingerprint density at radius 1 is 1.36 bits per heavy atom. The van der Waals surface area contributed by atoms with Crippen molar-refractivity contribution in [3.63, 3.8) is 0 Å². The van der Waals surface area contributed by atoms with Crippen LogP contribution in [0.15, 0.2) is 5.38 Å². The number of aryl methyl sites for hydroxylation is 2. The minimum Gasteiger partial charge on any atom is -0.454 e. The quantitative estimate of drug-likeness (QED) is 0.691. The highest BCUT2D eigenvalue weighted by molar-refractivity contribution is 7.16. The molecule has 2 aromatic rings. The second kappa shape index (κ2) is 8.20. The van der Waals surface area contributed by atoms with Gasteiger partial charge in [0.1, 0.15) is 10.0 Å². The lowest BCUT2D eigenvalue weighted by molar-refractivity contribution is -0.122. The van der Waals surface area contributed by atoms with E-state index in [1.807, 2.05) is 13.0 Å². The topological polar surface area (TPSA) is 109 Å². The number of aromatic nitrogens is 1. The van der Waals surface area contributed by atoms with Crippen LogP contribution in [0.3, 0.4) is 0 Å². The number of nitrogens with one attached hydrogen (secondary N) is 1. The number of hydrogen-bond acceptors (Lipinski definition) is 8. The number of carbonyl (C=O) groups excluding carboxylic acids is 3. The van der Waals surface area contributed by atoms with Crippen LogP contribution in [0, 0.1) is 38.0 Å². The van der Waals surface area contributed by atoms with E-state index >= 15 is 0 Å². The summed E-state index contributed by atoms with van der Waals surface area (Å²) in [5, 5.41) is 14.7. The van der Waals surface area contributed by atoms with Crippen molar-refractivity contribution >= 4 is 45.3 Å². The van der Waals surface area contributed by atoms with Gasteiger partial charge in [0, 0.05) is 21.9 Å². The fourth-order valence-corrected chi connectivity index (χ4v) is 4.49. The highest BCUT2D eigenvalue weighted by Crippen LogP contribution is 2.36. The first-order chi connectivity index (χ1) is 13.3. The van der Waals surface area contributed by atoms with Crippen molar-refractivity contribution in [1.82, 2.24) is 4.98 Å². The molecule has 0 saturated heterocycles. The van der Waals surface area contributed by atoms with Gasteiger partial charge < -0.3 is 10.1 Å². The molecule has 0 spiro atoms. The largest absolute Gasteiger partial charge is 0.454 e. The van der Waals surface area contributed by atoms with Gasteiger partial charge >= 0.3 is 5.97 Å². The average molecular weight is 418 g/mol. The molecular weight excluding hydrogens is 398 g/mol. The van der Waals surface area contributed by atoms with Crippen LogP contribution >= 0.6 is 22.7 Å². The summed E-state index contributed by atoms with van der Waals surface area (Å²) >= 11 is 2.53. The zero-order chi connectivity index (χ0) is 20.4. The summed E-state index contributed by atoms with van der Waals surface area (Å²) in [5.74, 6) is -2.38. The molecule has 28 heavy (non-hydrogen) atoms. The number of ether oxygens (including phenoxy) is 1. The molecule has 1 aliphatic rings. The summed E-state index contributed by atoms with van der Waals surface area (Å²) in [4.78, 5) is 42.1. The number of amides is 1. The van der Waals surface area contributed by atoms with E-state index in [1.54, 1.807) is 19.2 Å². The number of nitrogens with zero attached hydrogens (tertiary/aromatic N) is 2. The van der Waals surface area contributed by atoms with E-state index in [9.17, 15) is 19.6 Å². The molecule has 1 saturated carbocycles. The molecule has 0 aromatic carbocycles. The van der Waals surface area contributed by atoms with Gasteiger partial charge in [-0.25, -0.2) is 9.78 Å². The molecule has 0 radical (unpaired) electrons. The minimum atomic E-state index is -1.06. The fraction of sp³-hybridized carbons (Fsp3) is 0.421. The summed E-state index contributed by atoms with van der Waals surface area (Å²) < 4.78 is 5.19. The van der Waals surface area contributed by atoms with Gasteiger partial charge in [-0.3, -0.25) is 9.59 Å². The third kappa shape index (κ3) is 4.29. The van der Waals surface area contributed by atoms with Gasteiger partial charge in [-0.15, -0.1) is 22.7 Å². The minimum absolute atomic E-state index is 0.00583. The lowest BCUT2D eigenvalue weighted by Crippen LogP contribution is -2.21. The van der Waals surface area contributed by atoms with E-state index in [2.05, 4.69) is 10.3 Å². The van der Waals surface area contributed by atoms with E-state index in [0.29, 0.717) is 15.6 Å². The van der Waals surface area contributed by atoms with Crippen LogP contribution in [0.25, 0.3) is 0 Å². The van der Waals surface area contributed by atoms with Crippen LogP contribution in [0.4, 0.5) is 5.00 Å². The Bertz CT molecular complexity index is 982. The predicted molar refractivity (Wildman–Crippen MR) is 106 cm³/mol. The fourth-order valence-electron chi connectivity index (χ4n) is 2.58. The molecule has 9 heteroatoms. The molecule has 2 aromatic heterocycles. The molecule has 1 N–H and O–H groups in total. The molecule has 0 unspecified atom stereocenters. The number of carbonyl (C=O) groups is 3. The average Bonchev–Trinajstić information content (AvgIpc) is 3.36. The van der Waals surface area contributed by atoms with Crippen LogP contribution in [0.2, 0.25) is 0 Å². The number of thiazole rings is 1. The monoisotopic (exact) mass is 417 g/mol. The Hall–Kier alpha value is -2.57. The van der Waals surface area contributed by atoms with Crippen LogP contribution in [0.5, 0.6) is 0 Å². The summed E-state index contributed by atoms with van der Waals surface area (Å²) in [5.41, 5.74) is 1.70. The summed E-state index contributed by atoms with van der Waals surface area (Å²) in [6.07, 6.45) is 1.71. The van der Waals surface area contributed by atoms with Crippen LogP contribution in [-0.4, -0.2) is 29.3 Å². The summed E-state index contributed by atoms with van der Waals surface area (Å²) in [7, 11) is 0. The van der Waals surface area contributed by atoms with Crippen molar-refractivity contribution in [1.29, 1.82) is 5.26 Å². The van der Waals surface area contributed by atoms with Crippen LogP contribution < -0.4 is 5.32 Å². The third-order valence-corrected chi connectivity index (χ3v) is 6.60. The molecule has 2 heterocycles. The van der Waals surface area contributed by atoms with Crippen molar-refractivity contribution in [3.05, 3.63) is 32.1 Å². The molecule has 1 atom stereocenters. The van der Waals surface area contributed by atoms with Gasteiger partial charge in [0.05, 0.1) is 11.6 Å². The van der Waals surface area contributed by atoms with Gasteiger partial charge in [-0.05, 0) is 39.2 Å². The zero-order valence-corrected chi connectivity index (χ0v) is 17.3. The van der Waals surface area contributed by atoms with Crippen molar-refractivity contribution in [2.24, 2.45) is 5.92 Å². The highest BCUT2D eigenvalue weighted by atomic mass is 32.1. The first-order valence-electron chi connectivity index (χ1n) is 8.74. The van der Waals surface area contributed by atoms with Gasteiger partial charge in [-0.1, -0.05) is 0 Å². The van der Waals surface area contributed by atoms with Crippen molar-refractivity contribution in [2.45, 2.75) is 39.5 Å². The number of rotatable bonds is 7. The van der Waals surface area contributed by atoms with Crippen LogP contribution in [0.1, 0.15) is 50.3 Å². The molecule has 1 aliphatic carbocycles. The molecule has 146 valence electrons. The summed E-state index contributed by atoms with van der Waals surface area (Å²) in [6, 6.07) is 1.92. The second-order valence-electron chi connectivity index (χ2n) is 6.68. The Balaban J connectivity index is 1.69. The van der Waals surface area contributed by atoms with E-state index in [4.69, 9.17) is 4.74 Å². The lowest BCUT2D eigenvalue weighted by Gasteiger charge is -2.09. The Kier molecular flexibility index (Phi) is 5.91. The van der Waals surface area contributed by atoms with Gasteiger partial charge in [0.2, 0.25) is 5.91 Å². The maximum Gasteiger partial charge on any atom is 0.341 e. The van der Waals surface area contributed by atoms with E-state index in [1.165, 1.54) is 22.7 Å². The number of hydrogen-bond donors (Lipinski definition) is 1. The van der Waals surface area contributed by atoms with Crippen LogP contribution in [-0.2, 0) is 14.3 Å². The molecule has 7 nitrogen and oxygen atoms in total. The van der Waals surface area contributed by atoms with E-state index in [-0.39, 0.29) is 17.4 Å². The van der Waals surface area contributed by atoms with Crippen molar-refractivity contribution in [3.8, 4) is 6.07 Å². The number of Topliss-reactive ketones (excluding diaryl/α,β-unsaturated/α-hetero) is 1. The first kappa shape index (κ1) is 20.2. The Morgan fingerprint density at radius 2 is 2.07 bits per heavy atom. The van der Waals surface area contributed by atoms with Gasteiger partial charge in [0.25, 0.3) is 0 Å². The number of thiophene rings is 1. The first-order valence-corrected chi connectivity index (χ1v) is 10.4. The Labute approximate surface area is 170 Å². The molecule has 0 aliphatic heterocycles. The molecule has 1 fully saturated rings. The SMILES string of the molecule is Cc1csc([C@@H](C#N)C(=O)COC(=O)c2c(NC(=O)C3CC3)sc(C)c2C)n1. The lowest BCUT2D eigenvalue weighted by atomic mass is 10.1. The van der Waals surface area contributed by atoms with Crippen molar-refractivity contribution < 1.29 is 19.1 Å². The van der Waals surface area contributed by atoms with Gasteiger partial charge in [-0.2, -0.15) is 5.26 Å². The highest BCUT2D eigenvalue weighted by Gasteiger charge is 2.32. The Morgan fingerprint density at radius 3 is 2.64 bits per heavy atom. The number of nitriles is 1. The standard InChI is InChI=1S/C19H19N3O4S2/c1-9-8-27-17(21-9)13(6-20)14(23)7-26-19(25)15-10(2)11(3)28-18(15)22-16(24)12-4-5-12/h8,12-13H,4-5,7H2,1-3H3,(H,22,24)/t13-/m0/s1. The third-order valence-electron chi connectivity index (χ3n) is 4.45. The predicted octanol–water partition coefficient (Wildman–Crippen LogP) is 3.51. The van der Waals surface area contributed by atoms with Gasteiger partial charge in [0.15, 0.2) is 18.3 Å². The molecule has 0 bridgehead atoms.